The summed E-state index contributed by atoms with van der Waals surface area (Å²) >= 11 is 1.28. The van der Waals surface area contributed by atoms with Gasteiger partial charge in [-0.1, -0.05) is 40.7 Å². The summed E-state index contributed by atoms with van der Waals surface area (Å²) in [5.74, 6) is 0.486. The van der Waals surface area contributed by atoms with Crippen LogP contribution in [0.1, 0.15) is 0 Å². The molecule has 5 heteroatoms. The van der Waals surface area contributed by atoms with E-state index in [1.807, 2.05) is 24.3 Å². The number of aromatic hydroxyl groups is 1. The summed E-state index contributed by atoms with van der Waals surface area (Å²) in [5.41, 5.74) is 1.58. The molecule has 0 fully saturated rings. The van der Waals surface area contributed by atoms with E-state index in [4.69, 9.17) is 4.74 Å². The molecule has 1 heterocycles. The van der Waals surface area contributed by atoms with Crippen molar-refractivity contribution < 1.29 is 9.84 Å². The standard InChI is InChI=1S/C12H8N2O2S/c15-10-5-8-3-1-2-4-9(8)6-11(10)16-12-14-13-7-17-12/h1-7,15H. The van der Waals surface area contributed by atoms with Crippen molar-refractivity contribution in [2.24, 2.45) is 0 Å². The Bertz CT molecular complexity index is 653. The first-order valence-corrected chi connectivity index (χ1v) is 5.87. The molecule has 0 aliphatic heterocycles. The predicted octanol–water partition coefficient (Wildman–Crippen LogP) is 3.19. The van der Waals surface area contributed by atoms with Crippen molar-refractivity contribution >= 4 is 22.1 Å². The molecule has 0 unspecified atom stereocenters. The van der Waals surface area contributed by atoms with Gasteiger partial charge in [0.25, 0.3) is 5.19 Å². The molecular weight excluding hydrogens is 236 g/mol. The van der Waals surface area contributed by atoms with Crippen LogP contribution in [0, 0.1) is 0 Å². The number of phenols is 1. The summed E-state index contributed by atoms with van der Waals surface area (Å²) in [6, 6.07) is 11.2. The molecule has 84 valence electrons. The minimum absolute atomic E-state index is 0.0962. The van der Waals surface area contributed by atoms with E-state index in [0.717, 1.165) is 10.8 Å². The molecule has 4 nitrogen and oxygen atoms in total. The third-order valence-corrected chi connectivity index (χ3v) is 2.93. The number of ether oxygens (including phenoxy) is 1. The summed E-state index contributed by atoms with van der Waals surface area (Å²) in [7, 11) is 0. The van der Waals surface area contributed by atoms with Gasteiger partial charge in [-0.25, -0.2) is 0 Å². The van der Waals surface area contributed by atoms with E-state index in [9.17, 15) is 5.11 Å². The zero-order valence-electron chi connectivity index (χ0n) is 8.70. The fourth-order valence-electron chi connectivity index (χ4n) is 1.59. The first-order chi connectivity index (χ1) is 8.33. The second-order valence-electron chi connectivity index (χ2n) is 3.47. The minimum atomic E-state index is 0.0962. The van der Waals surface area contributed by atoms with E-state index < -0.39 is 0 Å². The normalized spacial score (nSPS) is 10.6. The predicted molar refractivity (Wildman–Crippen MR) is 65.6 cm³/mol. The minimum Gasteiger partial charge on any atom is -0.504 e. The fraction of sp³-hybridized carbons (Fsp3) is 0. The number of phenolic OH excluding ortho intramolecular Hbond substituents is 1. The number of fused-ring (bicyclic) bond motifs is 1. The molecule has 2 aromatic carbocycles. The van der Waals surface area contributed by atoms with Crippen molar-refractivity contribution in [3.8, 4) is 16.7 Å². The Morgan fingerprint density at radius 2 is 1.88 bits per heavy atom. The second-order valence-corrected chi connectivity index (χ2v) is 4.27. The molecule has 0 spiro atoms. The van der Waals surface area contributed by atoms with Crippen molar-refractivity contribution in [1.29, 1.82) is 0 Å². The highest BCUT2D eigenvalue weighted by atomic mass is 32.1. The van der Waals surface area contributed by atoms with E-state index >= 15 is 0 Å². The molecule has 17 heavy (non-hydrogen) atoms. The quantitative estimate of drug-likeness (QED) is 0.752. The molecule has 0 atom stereocenters. The average molecular weight is 244 g/mol. The van der Waals surface area contributed by atoms with Gasteiger partial charge in [-0.05, 0) is 22.9 Å². The Morgan fingerprint density at radius 3 is 2.59 bits per heavy atom. The van der Waals surface area contributed by atoms with Crippen molar-refractivity contribution in [3.63, 3.8) is 0 Å². The number of rotatable bonds is 2. The van der Waals surface area contributed by atoms with Gasteiger partial charge in [-0.2, -0.15) is 0 Å². The van der Waals surface area contributed by atoms with Gasteiger partial charge in [0.15, 0.2) is 11.5 Å². The first-order valence-electron chi connectivity index (χ1n) is 4.99. The highest BCUT2D eigenvalue weighted by Gasteiger charge is 2.07. The maximum atomic E-state index is 9.84. The number of nitrogens with zero attached hydrogens (tertiary/aromatic N) is 2. The third kappa shape index (κ3) is 1.92. The van der Waals surface area contributed by atoms with Gasteiger partial charge in [0.05, 0.1) is 0 Å². The monoisotopic (exact) mass is 244 g/mol. The summed E-state index contributed by atoms with van der Waals surface area (Å²) in [5, 5.41) is 19.7. The van der Waals surface area contributed by atoms with Gasteiger partial charge < -0.3 is 9.84 Å². The second kappa shape index (κ2) is 4.03. The van der Waals surface area contributed by atoms with Crippen molar-refractivity contribution in [2.45, 2.75) is 0 Å². The smallest absolute Gasteiger partial charge is 0.299 e. The van der Waals surface area contributed by atoms with Gasteiger partial charge in [-0.3, -0.25) is 0 Å². The van der Waals surface area contributed by atoms with Crippen LogP contribution in [-0.2, 0) is 0 Å². The van der Waals surface area contributed by atoms with Crippen LogP contribution in [0.4, 0.5) is 0 Å². The highest BCUT2D eigenvalue weighted by molar-refractivity contribution is 7.11. The Balaban J connectivity index is 2.07. The number of benzene rings is 2. The van der Waals surface area contributed by atoms with E-state index in [2.05, 4.69) is 10.2 Å². The van der Waals surface area contributed by atoms with Crippen LogP contribution >= 0.6 is 11.3 Å². The van der Waals surface area contributed by atoms with Crippen LogP contribution in [0.2, 0.25) is 0 Å². The lowest BCUT2D eigenvalue weighted by molar-refractivity contribution is 0.409. The molecule has 0 bridgehead atoms. The molecular formula is C12H8N2O2S. The molecule has 3 rings (SSSR count). The Morgan fingerprint density at radius 1 is 1.12 bits per heavy atom. The summed E-state index contributed by atoms with van der Waals surface area (Å²) < 4.78 is 5.45. The molecule has 0 amide bonds. The largest absolute Gasteiger partial charge is 0.504 e. The van der Waals surface area contributed by atoms with E-state index in [1.165, 1.54) is 11.3 Å². The van der Waals surface area contributed by atoms with Gasteiger partial charge in [-0.15, -0.1) is 5.10 Å². The molecule has 0 saturated heterocycles. The van der Waals surface area contributed by atoms with Crippen molar-refractivity contribution in [3.05, 3.63) is 41.9 Å². The maximum absolute atomic E-state index is 9.84. The average Bonchev–Trinajstić information content (AvgIpc) is 2.83. The van der Waals surface area contributed by atoms with E-state index in [1.54, 1.807) is 17.6 Å². The van der Waals surface area contributed by atoms with Crippen LogP contribution in [0.3, 0.4) is 0 Å². The van der Waals surface area contributed by atoms with E-state index in [0.29, 0.717) is 10.9 Å². The summed E-state index contributed by atoms with van der Waals surface area (Å²) in [6.45, 7) is 0. The van der Waals surface area contributed by atoms with Gasteiger partial charge in [0.1, 0.15) is 5.51 Å². The van der Waals surface area contributed by atoms with Crippen molar-refractivity contribution in [1.82, 2.24) is 10.2 Å². The highest BCUT2D eigenvalue weighted by Crippen LogP contribution is 2.34. The van der Waals surface area contributed by atoms with E-state index in [-0.39, 0.29) is 5.75 Å². The lowest BCUT2D eigenvalue weighted by atomic mass is 10.1. The number of aromatic nitrogens is 2. The van der Waals surface area contributed by atoms with Crippen LogP contribution in [0.15, 0.2) is 41.9 Å². The summed E-state index contributed by atoms with van der Waals surface area (Å²) in [6.07, 6.45) is 0. The van der Waals surface area contributed by atoms with Crippen LogP contribution < -0.4 is 4.74 Å². The Labute approximate surface area is 101 Å². The van der Waals surface area contributed by atoms with Gasteiger partial charge in [0, 0.05) is 0 Å². The fourth-order valence-corrected chi connectivity index (χ4v) is 2.01. The Kier molecular flexibility index (Phi) is 2.38. The summed E-state index contributed by atoms with van der Waals surface area (Å²) in [4.78, 5) is 0. The molecule has 0 aliphatic rings. The maximum Gasteiger partial charge on any atom is 0.299 e. The zero-order valence-corrected chi connectivity index (χ0v) is 9.52. The SMILES string of the molecule is Oc1cc2ccccc2cc1Oc1nncs1. The van der Waals surface area contributed by atoms with Gasteiger partial charge >= 0.3 is 0 Å². The van der Waals surface area contributed by atoms with Crippen LogP contribution in [-0.4, -0.2) is 15.3 Å². The van der Waals surface area contributed by atoms with Gasteiger partial charge in [0.2, 0.25) is 0 Å². The lowest BCUT2D eigenvalue weighted by Gasteiger charge is -2.06. The molecule has 0 saturated carbocycles. The van der Waals surface area contributed by atoms with Crippen LogP contribution in [0.5, 0.6) is 16.7 Å². The molecule has 1 aromatic heterocycles. The topological polar surface area (TPSA) is 55.2 Å². The lowest BCUT2D eigenvalue weighted by Crippen LogP contribution is -1.85. The Hall–Kier alpha value is -2.14. The molecule has 0 aliphatic carbocycles. The zero-order chi connectivity index (χ0) is 11.7. The van der Waals surface area contributed by atoms with Crippen LogP contribution in [0.25, 0.3) is 10.8 Å². The molecule has 0 radical (unpaired) electrons. The first kappa shape index (κ1) is 10.0. The third-order valence-electron chi connectivity index (χ3n) is 2.36. The number of hydrogen-bond acceptors (Lipinski definition) is 5. The van der Waals surface area contributed by atoms with Crippen molar-refractivity contribution in [2.75, 3.05) is 0 Å². The number of hydrogen-bond donors (Lipinski definition) is 1. The molecule has 3 aromatic rings. The molecule has 1 N–H and O–H groups in total.